The van der Waals surface area contributed by atoms with Crippen molar-refractivity contribution in [2.75, 3.05) is 24.5 Å². The highest BCUT2D eigenvalue weighted by Gasteiger charge is 2.49. The van der Waals surface area contributed by atoms with Crippen molar-refractivity contribution >= 4 is 17.5 Å². The summed E-state index contributed by atoms with van der Waals surface area (Å²) >= 11 is 0. The number of benzene rings is 2. The number of alkyl halides is 3. The molecule has 1 spiro atoms. The van der Waals surface area contributed by atoms with Gasteiger partial charge in [-0.3, -0.25) is 9.59 Å². The summed E-state index contributed by atoms with van der Waals surface area (Å²) in [6.45, 7) is 3.28. The summed E-state index contributed by atoms with van der Waals surface area (Å²) in [6, 6.07) is 12.2. The Hall–Kier alpha value is -2.83. The molecule has 0 bridgehead atoms. The Morgan fingerprint density at radius 2 is 1.83 bits per heavy atom. The first-order valence-corrected chi connectivity index (χ1v) is 9.51. The third kappa shape index (κ3) is 3.73. The third-order valence-corrected chi connectivity index (χ3v) is 5.80. The van der Waals surface area contributed by atoms with Gasteiger partial charge in [-0.25, -0.2) is 0 Å². The van der Waals surface area contributed by atoms with Crippen LogP contribution in [0.2, 0.25) is 0 Å². The van der Waals surface area contributed by atoms with E-state index in [1.807, 2.05) is 31.2 Å². The van der Waals surface area contributed by atoms with Crippen molar-refractivity contribution in [2.45, 2.75) is 25.9 Å². The Kier molecular flexibility index (Phi) is 4.63. The van der Waals surface area contributed by atoms with Crippen molar-refractivity contribution in [3.8, 4) is 0 Å². The van der Waals surface area contributed by atoms with Gasteiger partial charge < -0.3 is 9.80 Å². The number of amides is 2. The van der Waals surface area contributed by atoms with E-state index in [4.69, 9.17) is 0 Å². The molecule has 2 aliphatic heterocycles. The first-order chi connectivity index (χ1) is 13.7. The number of anilines is 1. The molecule has 4 nitrogen and oxygen atoms in total. The maximum Gasteiger partial charge on any atom is 0.416 e. The molecule has 7 heteroatoms. The molecule has 29 heavy (non-hydrogen) atoms. The van der Waals surface area contributed by atoms with E-state index in [-0.39, 0.29) is 16.9 Å². The molecule has 2 fully saturated rings. The number of nitrogens with zero attached hydrogens (tertiary/aromatic N) is 2. The summed E-state index contributed by atoms with van der Waals surface area (Å²) in [5.41, 5.74) is 0.743. The maximum absolute atomic E-state index is 13.0. The lowest BCUT2D eigenvalue weighted by Crippen LogP contribution is -2.34. The number of carbonyl (C=O) groups excluding carboxylic acids is 2. The van der Waals surface area contributed by atoms with E-state index >= 15 is 0 Å². The average Bonchev–Trinajstić information content (AvgIpc) is 3.23. The van der Waals surface area contributed by atoms with E-state index in [2.05, 4.69) is 0 Å². The smallest absolute Gasteiger partial charge is 0.338 e. The van der Waals surface area contributed by atoms with E-state index in [0.29, 0.717) is 32.5 Å². The normalized spacial score (nSPS) is 22.0. The Morgan fingerprint density at radius 3 is 2.55 bits per heavy atom. The summed E-state index contributed by atoms with van der Waals surface area (Å²) < 4.78 is 38.9. The number of hydrogen-bond acceptors (Lipinski definition) is 2. The van der Waals surface area contributed by atoms with Crippen molar-refractivity contribution in [2.24, 2.45) is 5.41 Å². The lowest BCUT2D eigenvalue weighted by Gasteiger charge is -2.24. The van der Waals surface area contributed by atoms with Crippen molar-refractivity contribution in [3.05, 3.63) is 65.2 Å². The van der Waals surface area contributed by atoms with Gasteiger partial charge in [-0.05, 0) is 49.2 Å². The molecule has 2 aromatic rings. The fourth-order valence-electron chi connectivity index (χ4n) is 4.32. The molecular formula is C22H21F3N2O2. The molecule has 1 atom stereocenters. The van der Waals surface area contributed by atoms with Crippen LogP contribution in [0.15, 0.2) is 48.5 Å². The number of carbonyl (C=O) groups is 2. The highest BCUT2D eigenvalue weighted by atomic mass is 19.4. The number of halogens is 3. The minimum absolute atomic E-state index is 0.0176. The monoisotopic (exact) mass is 402 g/mol. The van der Waals surface area contributed by atoms with Gasteiger partial charge in [0.25, 0.3) is 5.91 Å². The molecule has 0 aromatic heterocycles. The molecule has 2 aromatic carbocycles. The van der Waals surface area contributed by atoms with Gasteiger partial charge in [-0.15, -0.1) is 0 Å². The maximum atomic E-state index is 13.0. The Labute approximate surface area is 166 Å². The Morgan fingerprint density at radius 1 is 1.07 bits per heavy atom. The van der Waals surface area contributed by atoms with Gasteiger partial charge in [0.05, 0.1) is 5.56 Å². The molecule has 2 saturated heterocycles. The fraction of sp³-hybridized carbons (Fsp3) is 0.364. The van der Waals surface area contributed by atoms with Crippen LogP contribution in [0.5, 0.6) is 0 Å². The van der Waals surface area contributed by atoms with E-state index in [0.717, 1.165) is 23.4 Å². The van der Waals surface area contributed by atoms with Crippen LogP contribution in [-0.2, 0) is 11.0 Å². The molecule has 2 amide bonds. The molecule has 0 unspecified atom stereocenters. The zero-order valence-corrected chi connectivity index (χ0v) is 16.0. The van der Waals surface area contributed by atoms with Crippen LogP contribution in [0.25, 0.3) is 0 Å². The van der Waals surface area contributed by atoms with Crippen LogP contribution in [0.4, 0.5) is 18.9 Å². The average molecular weight is 402 g/mol. The molecular weight excluding hydrogens is 381 g/mol. The highest BCUT2D eigenvalue weighted by molar-refractivity contribution is 5.97. The SMILES string of the molecule is Cc1cccc(N2C[C@]3(CCN(C(=O)c4cccc(C(F)(F)F)c4)C3)CC2=O)c1. The Bertz CT molecular complexity index is 973. The van der Waals surface area contributed by atoms with Gasteiger partial charge in [-0.2, -0.15) is 13.2 Å². The first kappa shape index (κ1) is 19.5. The van der Waals surface area contributed by atoms with E-state index in [1.54, 1.807) is 9.80 Å². The van der Waals surface area contributed by atoms with E-state index < -0.39 is 17.6 Å². The number of aryl methyl sites for hydroxylation is 1. The lowest BCUT2D eigenvalue weighted by atomic mass is 9.86. The van der Waals surface area contributed by atoms with Crippen molar-refractivity contribution in [3.63, 3.8) is 0 Å². The van der Waals surface area contributed by atoms with Crippen molar-refractivity contribution in [1.29, 1.82) is 0 Å². The quantitative estimate of drug-likeness (QED) is 0.752. The summed E-state index contributed by atoms with van der Waals surface area (Å²) in [5.74, 6) is -0.404. The summed E-state index contributed by atoms with van der Waals surface area (Å²) in [5, 5.41) is 0. The van der Waals surface area contributed by atoms with Crippen molar-refractivity contribution in [1.82, 2.24) is 4.90 Å². The van der Waals surface area contributed by atoms with Crippen LogP contribution >= 0.6 is 0 Å². The number of hydrogen-bond donors (Lipinski definition) is 0. The second-order valence-corrected chi connectivity index (χ2v) is 8.05. The standard InChI is InChI=1S/C22H21F3N2O2/c1-15-4-2-7-18(10-15)27-14-21(12-19(27)28)8-9-26(13-21)20(29)16-5-3-6-17(11-16)22(23,24)25/h2-7,10-11H,8-9,12-14H2,1H3/t21-/m1/s1. The topological polar surface area (TPSA) is 40.6 Å². The van der Waals surface area contributed by atoms with Gasteiger partial charge >= 0.3 is 6.18 Å². The number of rotatable bonds is 2. The van der Waals surface area contributed by atoms with Crippen LogP contribution in [-0.4, -0.2) is 36.3 Å². The minimum atomic E-state index is -4.49. The zero-order valence-electron chi connectivity index (χ0n) is 16.0. The first-order valence-electron chi connectivity index (χ1n) is 9.51. The van der Waals surface area contributed by atoms with E-state index in [1.165, 1.54) is 12.1 Å². The van der Waals surface area contributed by atoms with Gasteiger partial charge in [0.15, 0.2) is 0 Å². The van der Waals surface area contributed by atoms with Gasteiger partial charge in [0.1, 0.15) is 0 Å². The minimum Gasteiger partial charge on any atom is -0.338 e. The van der Waals surface area contributed by atoms with Crippen LogP contribution in [0.3, 0.4) is 0 Å². The van der Waals surface area contributed by atoms with Gasteiger partial charge in [0.2, 0.25) is 5.91 Å². The van der Waals surface area contributed by atoms with Crippen LogP contribution in [0, 0.1) is 12.3 Å². The molecule has 0 aliphatic carbocycles. The van der Waals surface area contributed by atoms with E-state index in [9.17, 15) is 22.8 Å². The Balaban J connectivity index is 1.51. The molecule has 0 radical (unpaired) electrons. The predicted octanol–water partition coefficient (Wildman–Crippen LogP) is 4.28. The third-order valence-electron chi connectivity index (χ3n) is 5.80. The predicted molar refractivity (Wildman–Crippen MR) is 103 cm³/mol. The second kappa shape index (κ2) is 6.90. The fourth-order valence-corrected chi connectivity index (χ4v) is 4.32. The summed E-state index contributed by atoms with van der Waals surface area (Å²) in [4.78, 5) is 28.8. The number of likely N-dealkylation sites (tertiary alicyclic amines) is 1. The summed E-state index contributed by atoms with van der Waals surface area (Å²) in [6.07, 6.45) is -3.49. The van der Waals surface area contributed by atoms with Crippen LogP contribution in [0.1, 0.15) is 34.3 Å². The lowest BCUT2D eigenvalue weighted by molar-refractivity contribution is -0.137. The van der Waals surface area contributed by atoms with Crippen molar-refractivity contribution < 1.29 is 22.8 Å². The highest BCUT2D eigenvalue weighted by Crippen LogP contribution is 2.42. The molecule has 2 heterocycles. The summed E-state index contributed by atoms with van der Waals surface area (Å²) in [7, 11) is 0. The molecule has 4 rings (SSSR count). The molecule has 2 aliphatic rings. The second-order valence-electron chi connectivity index (χ2n) is 8.05. The molecule has 0 saturated carbocycles. The van der Waals surface area contributed by atoms with Crippen LogP contribution < -0.4 is 4.90 Å². The van der Waals surface area contributed by atoms with Gasteiger partial charge in [-0.1, -0.05) is 18.2 Å². The molecule has 0 N–H and O–H groups in total. The zero-order chi connectivity index (χ0) is 20.8. The molecule has 152 valence electrons. The van der Waals surface area contributed by atoms with Gasteiger partial charge in [0, 0.05) is 42.7 Å². The largest absolute Gasteiger partial charge is 0.416 e.